The second-order valence-electron chi connectivity index (χ2n) is 5.88. The smallest absolute Gasteiger partial charge is 0.220 e. The minimum Gasteiger partial charge on any atom is -0.368 e. The molecule has 1 aromatic heterocycles. The summed E-state index contributed by atoms with van der Waals surface area (Å²) in [4.78, 5) is 8.23. The second-order valence-corrected chi connectivity index (χ2v) is 5.88. The number of hydrogen-bond donors (Lipinski definition) is 2. The molecule has 4 nitrogen and oxygen atoms in total. The van der Waals surface area contributed by atoms with Crippen molar-refractivity contribution in [2.45, 2.75) is 45.2 Å². The highest BCUT2D eigenvalue weighted by Gasteiger charge is 2.32. The third kappa shape index (κ3) is 2.82. The zero-order valence-electron chi connectivity index (χ0n) is 10.9. The minimum absolute atomic E-state index is 0.0310. The van der Waals surface area contributed by atoms with E-state index in [1.807, 2.05) is 6.07 Å². The van der Waals surface area contributed by atoms with Gasteiger partial charge in [0.15, 0.2) is 0 Å². The van der Waals surface area contributed by atoms with Gasteiger partial charge < -0.3 is 11.1 Å². The molecule has 0 saturated carbocycles. The molecule has 0 atom stereocenters. The van der Waals surface area contributed by atoms with Crippen molar-refractivity contribution >= 4 is 11.5 Å². The van der Waals surface area contributed by atoms with E-state index in [1.165, 1.54) is 5.57 Å². The average molecular weight is 232 g/mol. The molecule has 92 valence electrons. The van der Waals surface area contributed by atoms with Gasteiger partial charge in [0.1, 0.15) is 0 Å². The molecule has 0 fully saturated rings. The standard InChI is InChI=1S/C13H20N4/c1-12(2)7-9(8-13(3,4)17-12)10-5-6-15-11(14)16-10/h5-7,17H,8H2,1-4H3,(H2,14,15,16). The summed E-state index contributed by atoms with van der Waals surface area (Å²) in [7, 11) is 0. The van der Waals surface area contributed by atoms with Gasteiger partial charge in [0, 0.05) is 17.3 Å². The first kappa shape index (κ1) is 12.0. The molecule has 0 unspecified atom stereocenters. The predicted octanol–water partition coefficient (Wildman–Crippen LogP) is 1.99. The lowest BCUT2D eigenvalue weighted by atomic mass is 9.82. The van der Waals surface area contributed by atoms with E-state index < -0.39 is 0 Å². The Bertz CT molecular complexity index is 460. The van der Waals surface area contributed by atoms with Crippen molar-refractivity contribution in [2.24, 2.45) is 0 Å². The van der Waals surface area contributed by atoms with Crippen LogP contribution in [0.4, 0.5) is 5.95 Å². The van der Waals surface area contributed by atoms with E-state index in [0.717, 1.165) is 12.1 Å². The molecule has 3 N–H and O–H groups in total. The van der Waals surface area contributed by atoms with Gasteiger partial charge in [-0.3, -0.25) is 0 Å². The molecule has 0 amide bonds. The van der Waals surface area contributed by atoms with Crippen molar-refractivity contribution in [2.75, 3.05) is 5.73 Å². The average Bonchev–Trinajstić information content (AvgIpc) is 2.12. The molecule has 1 aliphatic heterocycles. The lowest BCUT2D eigenvalue weighted by Crippen LogP contribution is -2.53. The predicted molar refractivity (Wildman–Crippen MR) is 70.3 cm³/mol. The fourth-order valence-electron chi connectivity index (χ4n) is 2.63. The van der Waals surface area contributed by atoms with Crippen LogP contribution in [0.5, 0.6) is 0 Å². The van der Waals surface area contributed by atoms with Crippen molar-refractivity contribution in [3.8, 4) is 0 Å². The van der Waals surface area contributed by atoms with Crippen molar-refractivity contribution in [3.63, 3.8) is 0 Å². The molecule has 4 heteroatoms. The number of nitrogens with zero attached hydrogens (tertiary/aromatic N) is 2. The van der Waals surface area contributed by atoms with Crippen LogP contribution in [0, 0.1) is 0 Å². The third-order valence-corrected chi connectivity index (χ3v) is 2.83. The first-order chi connectivity index (χ1) is 7.77. The number of nitrogen functional groups attached to an aromatic ring is 1. The van der Waals surface area contributed by atoms with Crippen molar-refractivity contribution < 1.29 is 0 Å². The summed E-state index contributed by atoms with van der Waals surface area (Å²) in [5.74, 6) is 0.331. The van der Waals surface area contributed by atoms with Gasteiger partial charge in [0.05, 0.1) is 5.69 Å². The molecule has 0 spiro atoms. The summed E-state index contributed by atoms with van der Waals surface area (Å²) in [6, 6.07) is 1.92. The number of nitrogens with one attached hydrogen (secondary N) is 1. The molecule has 2 rings (SSSR count). The zero-order valence-corrected chi connectivity index (χ0v) is 10.9. The Morgan fingerprint density at radius 2 is 2.00 bits per heavy atom. The van der Waals surface area contributed by atoms with Crippen molar-refractivity contribution in [1.82, 2.24) is 15.3 Å². The highest BCUT2D eigenvalue weighted by atomic mass is 15.0. The van der Waals surface area contributed by atoms with Crippen LogP contribution < -0.4 is 11.1 Å². The monoisotopic (exact) mass is 232 g/mol. The van der Waals surface area contributed by atoms with E-state index in [9.17, 15) is 0 Å². The van der Waals surface area contributed by atoms with E-state index in [1.54, 1.807) is 6.20 Å². The van der Waals surface area contributed by atoms with E-state index in [4.69, 9.17) is 5.73 Å². The maximum absolute atomic E-state index is 5.64. The molecule has 0 bridgehead atoms. The van der Waals surface area contributed by atoms with Crippen LogP contribution in [0.15, 0.2) is 18.3 Å². The molecule has 1 aromatic rings. The van der Waals surface area contributed by atoms with Crippen LogP contribution >= 0.6 is 0 Å². The van der Waals surface area contributed by atoms with Gasteiger partial charge in [-0.05, 0) is 45.8 Å². The largest absolute Gasteiger partial charge is 0.368 e. The van der Waals surface area contributed by atoms with Crippen LogP contribution in [-0.2, 0) is 0 Å². The SMILES string of the molecule is CC1(C)C=C(c2ccnc(N)n2)CC(C)(C)N1. The van der Waals surface area contributed by atoms with Crippen molar-refractivity contribution in [1.29, 1.82) is 0 Å². The second kappa shape index (κ2) is 3.81. The Morgan fingerprint density at radius 1 is 1.29 bits per heavy atom. The van der Waals surface area contributed by atoms with Gasteiger partial charge in [-0.15, -0.1) is 0 Å². The van der Waals surface area contributed by atoms with Gasteiger partial charge in [-0.2, -0.15) is 0 Å². The molecular weight excluding hydrogens is 212 g/mol. The summed E-state index contributed by atoms with van der Waals surface area (Å²) in [5, 5.41) is 3.60. The van der Waals surface area contributed by atoms with Gasteiger partial charge in [0.2, 0.25) is 5.95 Å². The Morgan fingerprint density at radius 3 is 2.59 bits per heavy atom. The first-order valence-electron chi connectivity index (χ1n) is 5.87. The normalized spacial score (nSPS) is 22.0. The molecule has 2 heterocycles. The summed E-state index contributed by atoms with van der Waals surface area (Å²) in [6.45, 7) is 8.73. The Labute approximate surface area is 102 Å². The van der Waals surface area contributed by atoms with E-state index in [0.29, 0.717) is 5.95 Å². The van der Waals surface area contributed by atoms with Crippen LogP contribution in [0.1, 0.15) is 39.8 Å². The number of nitrogens with two attached hydrogens (primary N) is 1. The molecule has 0 saturated heterocycles. The van der Waals surface area contributed by atoms with Crippen LogP contribution in [-0.4, -0.2) is 21.0 Å². The number of rotatable bonds is 1. The Hall–Kier alpha value is -1.42. The lowest BCUT2D eigenvalue weighted by Gasteiger charge is -2.41. The van der Waals surface area contributed by atoms with Crippen LogP contribution in [0.2, 0.25) is 0 Å². The van der Waals surface area contributed by atoms with E-state index in [-0.39, 0.29) is 11.1 Å². The van der Waals surface area contributed by atoms with E-state index in [2.05, 4.69) is 49.1 Å². The van der Waals surface area contributed by atoms with E-state index >= 15 is 0 Å². The fraction of sp³-hybridized carbons (Fsp3) is 0.538. The summed E-state index contributed by atoms with van der Waals surface area (Å²) >= 11 is 0. The molecular formula is C13H20N4. The quantitative estimate of drug-likeness (QED) is 0.777. The number of anilines is 1. The van der Waals surface area contributed by atoms with Crippen LogP contribution in [0.25, 0.3) is 5.57 Å². The topological polar surface area (TPSA) is 63.8 Å². The molecule has 0 radical (unpaired) electrons. The van der Waals surface area contributed by atoms with Gasteiger partial charge in [0.25, 0.3) is 0 Å². The van der Waals surface area contributed by atoms with Crippen LogP contribution in [0.3, 0.4) is 0 Å². The molecule has 0 aromatic carbocycles. The Kier molecular flexibility index (Phi) is 2.70. The maximum Gasteiger partial charge on any atom is 0.220 e. The lowest BCUT2D eigenvalue weighted by molar-refractivity contribution is 0.297. The van der Waals surface area contributed by atoms with Gasteiger partial charge >= 0.3 is 0 Å². The summed E-state index contributed by atoms with van der Waals surface area (Å²) in [6.07, 6.45) is 4.87. The molecule has 17 heavy (non-hydrogen) atoms. The fourth-order valence-corrected chi connectivity index (χ4v) is 2.63. The van der Waals surface area contributed by atoms with Crippen molar-refractivity contribution in [3.05, 3.63) is 24.0 Å². The third-order valence-electron chi connectivity index (χ3n) is 2.83. The molecule has 1 aliphatic rings. The highest BCUT2D eigenvalue weighted by molar-refractivity contribution is 5.66. The first-order valence-corrected chi connectivity index (χ1v) is 5.87. The zero-order chi connectivity index (χ0) is 12.7. The Balaban J connectivity index is 2.41. The number of hydrogen-bond acceptors (Lipinski definition) is 4. The maximum atomic E-state index is 5.64. The van der Waals surface area contributed by atoms with Gasteiger partial charge in [-0.1, -0.05) is 6.08 Å². The minimum atomic E-state index is -0.0310. The highest BCUT2D eigenvalue weighted by Crippen LogP contribution is 2.32. The number of aromatic nitrogens is 2. The van der Waals surface area contributed by atoms with Gasteiger partial charge in [-0.25, -0.2) is 9.97 Å². The summed E-state index contributed by atoms with van der Waals surface area (Å²) in [5.41, 5.74) is 7.83. The summed E-state index contributed by atoms with van der Waals surface area (Å²) < 4.78 is 0. The molecule has 0 aliphatic carbocycles.